The van der Waals surface area contributed by atoms with Crippen molar-refractivity contribution in [1.29, 1.82) is 0 Å². The van der Waals surface area contributed by atoms with Crippen LogP contribution in [0.1, 0.15) is 18.4 Å². The van der Waals surface area contributed by atoms with Gasteiger partial charge in [0.1, 0.15) is 27.1 Å². The number of benzene rings is 1. The average molecular weight is 485 g/mol. The lowest BCUT2D eigenvalue weighted by atomic mass is 10.2. The molecule has 4 rings (SSSR count). The first-order valence-electron chi connectivity index (χ1n) is 9.73. The lowest BCUT2D eigenvalue weighted by molar-refractivity contribution is -0.305. The van der Waals surface area contributed by atoms with Crippen molar-refractivity contribution in [2.45, 2.75) is 12.8 Å². The maximum Gasteiger partial charge on any atom is 0.269 e. The number of carboxylic acid groups (broad SMARTS) is 1. The van der Waals surface area contributed by atoms with Gasteiger partial charge in [0, 0.05) is 18.7 Å². The van der Waals surface area contributed by atoms with Gasteiger partial charge < -0.3 is 14.6 Å². The molecule has 0 unspecified atom stereocenters. The van der Waals surface area contributed by atoms with Crippen LogP contribution in [0, 0.1) is 5.82 Å². The fourth-order valence-corrected chi connectivity index (χ4v) is 4.39. The van der Waals surface area contributed by atoms with Crippen LogP contribution in [0.15, 0.2) is 58.4 Å². The average Bonchev–Trinajstić information content (AvgIpc) is 3.05. The van der Waals surface area contributed by atoms with E-state index in [-0.39, 0.29) is 45.8 Å². The normalized spacial score (nSPS) is 14.9. The Balaban J connectivity index is 1.73. The SMILES string of the molecule is O=C([O-])CCCN1C(=O)/C(=C/c2c(Oc3ccc(F)cc3)nc3ccccn3c2=O)SC1=S. The molecule has 1 fully saturated rings. The molecule has 0 radical (unpaired) electrons. The van der Waals surface area contributed by atoms with E-state index in [0.29, 0.717) is 5.65 Å². The molecule has 0 bridgehead atoms. The second-order valence-corrected chi connectivity index (χ2v) is 8.61. The molecule has 168 valence electrons. The second-order valence-electron chi connectivity index (χ2n) is 6.93. The summed E-state index contributed by atoms with van der Waals surface area (Å²) >= 11 is 6.24. The number of carbonyl (C=O) groups is 2. The van der Waals surface area contributed by atoms with Gasteiger partial charge in [-0.15, -0.1) is 0 Å². The molecule has 0 N–H and O–H groups in total. The third-order valence-electron chi connectivity index (χ3n) is 4.67. The fourth-order valence-electron chi connectivity index (χ4n) is 3.10. The first-order chi connectivity index (χ1) is 15.8. The van der Waals surface area contributed by atoms with E-state index in [1.165, 1.54) is 45.8 Å². The molecule has 3 aromatic rings. The number of thioether (sulfide) groups is 1. The van der Waals surface area contributed by atoms with Crippen LogP contribution in [0.5, 0.6) is 11.6 Å². The molecule has 33 heavy (non-hydrogen) atoms. The second kappa shape index (κ2) is 9.51. The molecule has 3 heterocycles. The molecular weight excluding hydrogens is 469 g/mol. The molecule has 1 aliphatic rings. The molecule has 8 nitrogen and oxygen atoms in total. The molecule has 2 aromatic heterocycles. The Kier molecular flexibility index (Phi) is 6.52. The number of amides is 1. The van der Waals surface area contributed by atoms with Gasteiger partial charge in [-0.1, -0.05) is 30.0 Å². The number of carbonyl (C=O) groups excluding carboxylic acids is 2. The van der Waals surface area contributed by atoms with Gasteiger partial charge in [0.05, 0.1) is 4.91 Å². The lowest BCUT2D eigenvalue weighted by Gasteiger charge is -2.14. The van der Waals surface area contributed by atoms with Crippen molar-refractivity contribution in [1.82, 2.24) is 14.3 Å². The summed E-state index contributed by atoms with van der Waals surface area (Å²) < 4.78 is 20.6. The first-order valence-corrected chi connectivity index (χ1v) is 11.0. The number of halogens is 1. The zero-order valence-electron chi connectivity index (χ0n) is 16.9. The van der Waals surface area contributed by atoms with Gasteiger partial charge in [-0.3, -0.25) is 18.9 Å². The number of carboxylic acids is 1. The van der Waals surface area contributed by atoms with Crippen LogP contribution in [-0.2, 0) is 9.59 Å². The van der Waals surface area contributed by atoms with E-state index in [9.17, 15) is 23.9 Å². The van der Waals surface area contributed by atoms with Crippen LogP contribution in [0.25, 0.3) is 11.7 Å². The summed E-state index contributed by atoms with van der Waals surface area (Å²) in [4.78, 5) is 42.5. The number of ether oxygens (including phenoxy) is 1. The molecule has 11 heteroatoms. The number of hydrogen-bond donors (Lipinski definition) is 0. The topological polar surface area (TPSA) is 104 Å². The van der Waals surface area contributed by atoms with Crippen LogP contribution in [0.3, 0.4) is 0 Å². The number of hydrogen-bond acceptors (Lipinski definition) is 8. The summed E-state index contributed by atoms with van der Waals surface area (Å²) in [6.07, 6.45) is 2.86. The highest BCUT2D eigenvalue weighted by molar-refractivity contribution is 8.26. The van der Waals surface area contributed by atoms with E-state index < -0.39 is 23.3 Å². The van der Waals surface area contributed by atoms with Crippen molar-refractivity contribution in [2.75, 3.05) is 6.54 Å². The summed E-state index contributed by atoms with van der Waals surface area (Å²) in [5, 5.41) is 10.6. The van der Waals surface area contributed by atoms with E-state index in [2.05, 4.69) is 4.98 Å². The van der Waals surface area contributed by atoms with Gasteiger partial charge >= 0.3 is 0 Å². The quantitative estimate of drug-likeness (QED) is 0.372. The van der Waals surface area contributed by atoms with E-state index in [1.807, 2.05) is 0 Å². The van der Waals surface area contributed by atoms with Crippen LogP contribution in [0.2, 0.25) is 0 Å². The molecular formula is C22H15FN3O5S2-. The van der Waals surface area contributed by atoms with Crippen LogP contribution < -0.4 is 15.4 Å². The first kappa shape index (κ1) is 22.6. The minimum absolute atomic E-state index is 0.0123. The maximum atomic E-state index is 13.3. The lowest BCUT2D eigenvalue weighted by Crippen LogP contribution is -2.30. The van der Waals surface area contributed by atoms with Gasteiger partial charge in [-0.05, 0) is 55.3 Å². The van der Waals surface area contributed by atoms with Crippen LogP contribution in [-0.4, -0.2) is 37.0 Å². The Morgan fingerprint density at radius 2 is 1.97 bits per heavy atom. The highest BCUT2D eigenvalue weighted by atomic mass is 32.2. The predicted octanol–water partition coefficient (Wildman–Crippen LogP) is 2.36. The fraction of sp³-hybridized carbons (Fsp3) is 0.136. The molecule has 0 atom stereocenters. The summed E-state index contributed by atoms with van der Waals surface area (Å²) in [6, 6.07) is 10.2. The van der Waals surface area contributed by atoms with E-state index in [4.69, 9.17) is 17.0 Å². The smallest absolute Gasteiger partial charge is 0.269 e. The number of aliphatic carboxylic acids is 1. The molecule has 1 amide bonds. The zero-order valence-corrected chi connectivity index (χ0v) is 18.5. The number of thiocarbonyl (C=S) groups is 1. The van der Waals surface area contributed by atoms with Crippen molar-refractivity contribution in [3.05, 3.63) is 75.3 Å². The van der Waals surface area contributed by atoms with Gasteiger partial charge in [0.2, 0.25) is 5.88 Å². The van der Waals surface area contributed by atoms with E-state index >= 15 is 0 Å². The van der Waals surface area contributed by atoms with Crippen molar-refractivity contribution in [3.63, 3.8) is 0 Å². The molecule has 0 saturated carbocycles. The standard InChI is InChI=1S/C22H16FN3O5S2/c23-13-6-8-14(9-7-13)31-19-15(20(29)25-10-2-1-4-17(25)24-19)12-16-21(30)26(22(32)33-16)11-3-5-18(27)28/h1-2,4,6-10,12H,3,5,11H2,(H,27,28)/p-1/b16-12-. The molecule has 1 aromatic carbocycles. The van der Waals surface area contributed by atoms with Crippen LogP contribution >= 0.6 is 24.0 Å². The number of fused-ring (bicyclic) bond motifs is 1. The maximum absolute atomic E-state index is 13.3. The van der Waals surface area contributed by atoms with Gasteiger partial charge in [-0.25, -0.2) is 4.39 Å². The Labute approximate surface area is 196 Å². The third kappa shape index (κ3) is 4.94. The Bertz CT molecular complexity index is 1350. The molecule has 0 spiro atoms. The molecule has 1 aliphatic heterocycles. The van der Waals surface area contributed by atoms with Crippen molar-refractivity contribution in [3.8, 4) is 11.6 Å². The highest BCUT2D eigenvalue weighted by Crippen LogP contribution is 2.34. The summed E-state index contributed by atoms with van der Waals surface area (Å²) in [7, 11) is 0. The number of pyridine rings is 1. The Hall–Kier alpha value is -3.57. The zero-order chi connectivity index (χ0) is 23.5. The minimum Gasteiger partial charge on any atom is -0.550 e. The minimum atomic E-state index is -1.21. The third-order valence-corrected chi connectivity index (χ3v) is 6.05. The number of rotatable bonds is 7. The van der Waals surface area contributed by atoms with Crippen molar-refractivity contribution in [2.24, 2.45) is 0 Å². The number of aromatic nitrogens is 2. The van der Waals surface area contributed by atoms with E-state index in [1.54, 1.807) is 18.2 Å². The highest BCUT2D eigenvalue weighted by Gasteiger charge is 2.32. The van der Waals surface area contributed by atoms with Crippen LogP contribution in [0.4, 0.5) is 4.39 Å². The Morgan fingerprint density at radius 1 is 1.21 bits per heavy atom. The Morgan fingerprint density at radius 3 is 2.70 bits per heavy atom. The molecule has 0 aliphatic carbocycles. The van der Waals surface area contributed by atoms with Crippen molar-refractivity contribution >= 4 is 51.9 Å². The summed E-state index contributed by atoms with van der Waals surface area (Å²) in [6.45, 7) is 0.115. The van der Waals surface area contributed by atoms with Gasteiger partial charge in [0.15, 0.2) is 0 Å². The van der Waals surface area contributed by atoms with E-state index in [0.717, 1.165) is 11.8 Å². The number of nitrogens with zero attached hydrogens (tertiary/aromatic N) is 3. The van der Waals surface area contributed by atoms with Crippen molar-refractivity contribution < 1.29 is 23.8 Å². The predicted molar refractivity (Wildman–Crippen MR) is 122 cm³/mol. The monoisotopic (exact) mass is 484 g/mol. The molecule has 1 saturated heterocycles. The van der Waals surface area contributed by atoms with Gasteiger partial charge in [0.25, 0.3) is 11.5 Å². The summed E-state index contributed by atoms with van der Waals surface area (Å²) in [5.74, 6) is -1.91. The largest absolute Gasteiger partial charge is 0.550 e. The van der Waals surface area contributed by atoms with Gasteiger partial charge in [-0.2, -0.15) is 4.98 Å². The summed E-state index contributed by atoms with van der Waals surface area (Å²) in [5.41, 5.74) is -0.134.